The van der Waals surface area contributed by atoms with E-state index < -0.39 is 55.0 Å². The standard InChI is InChI=1S/C17H24N4O6/c1-10(18)15(25)20-12(7-11-5-3-2-4-6-11)17(27)21-13(9-22)16(26)19-8-14(23)24/h2-6,10,12-13,22H,7-9,18H2,1H3,(H,19,26)(H,20,25)(H,21,27)(H,23,24). The fraction of sp³-hybridized carbons (Fsp3) is 0.412. The lowest BCUT2D eigenvalue weighted by Crippen LogP contribution is -2.57. The van der Waals surface area contributed by atoms with Crippen LogP contribution in [0.2, 0.25) is 0 Å². The van der Waals surface area contributed by atoms with E-state index in [4.69, 9.17) is 10.8 Å². The molecule has 0 saturated heterocycles. The van der Waals surface area contributed by atoms with E-state index in [1.807, 2.05) is 0 Å². The molecule has 1 aromatic rings. The summed E-state index contributed by atoms with van der Waals surface area (Å²) < 4.78 is 0. The summed E-state index contributed by atoms with van der Waals surface area (Å²) in [5, 5.41) is 24.8. The van der Waals surface area contributed by atoms with E-state index in [0.717, 1.165) is 5.56 Å². The van der Waals surface area contributed by atoms with Crippen LogP contribution < -0.4 is 21.7 Å². The van der Waals surface area contributed by atoms with E-state index >= 15 is 0 Å². The van der Waals surface area contributed by atoms with Gasteiger partial charge >= 0.3 is 5.97 Å². The molecule has 3 atom stereocenters. The number of aliphatic hydroxyl groups is 1. The second kappa shape index (κ2) is 10.9. The lowest BCUT2D eigenvalue weighted by molar-refractivity contribution is -0.138. The van der Waals surface area contributed by atoms with Gasteiger partial charge in [-0.2, -0.15) is 0 Å². The number of nitrogens with one attached hydrogen (secondary N) is 3. The molecule has 10 heteroatoms. The Kier molecular flexibility index (Phi) is 8.90. The van der Waals surface area contributed by atoms with Gasteiger partial charge in [-0.05, 0) is 12.5 Å². The first-order chi connectivity index (χ1) is 12.7. The number of benzene rings is 1. The maximum atomic E-state index is 12.5. The SMILES string of the molecule is CC(N)C(=O)NC(Cc1ccccc1)C(=O)NC(CO)C(=O)NCC(=O)O. The predicted molar refractivity (Wildman–Crippen MR) is 95.4 cm³/mol. The fourth-order valence-electron chi connectivity index (χ4n) is 2.11. The molecule has 0 aliphatic rings. The molecule has 0 saturated carbocycles. The summed E-state index contributed by atoms with van der Waals surface area (Å²) in [5.74, 6) is -3.39. The molecule has 7 N–H and O–H groups in total. The van der Waals surface area contributed by atoms with Crippen LogP contribution in [0.15, 0.2) is 30.3 Å². The summed E-state index contributed by atoms with van der Waals surface area (Å²) in [7, 11) is 0. The zero-order valence-electron chi connectivity index (χ0n) is 14.8. The number of rotatable bonds is 10. The first kappa shape index (κ1) is 22.1. The number of nitrogens with two attached hydrogens (primary N) is 1. The van der Waals surface area contributed by atoms with Gasteiger partial charge in [-0.1, -0.05) is 30.3 Å². The fourth-order valence-corrected chi connectivity index (χ4v) is 2.11. The molecular weight excluding hydrogens is 356 g/mol. The van der Waals surface area contributed by atoms with E-state index in [9.17, 15) is 24.3 Å². The Balaban J connectivity index is 2.85. The van der Waals surface area contributed by atoms with Crippen LogP contribution in [0.25, 0.3) is 0 Å². The highest BCUT2D eigenvalue weighted by Gasteiger charge is 2.27. The van der Waals surface area contributed by atoms with Gasteiger partial charge in [0.15, 0.2) is 0 Å². The van der Waals surface area contributed by atoms with Gasteiger partial charge in [0, 0.05) is 6.42 Å². The third-order valence-electron chi connectivity index (χ3n) is 3.56. The minimum Gasteiger partial charge on any atom is -0.480 e. The Hall–Kier alpha value is -2.98. The number of aliphatic hydroxyl groups excluding tert-OH is 1. The van der Waals surface area contributed by atoms with Crippen molar-refractivity contribution in [1.29, 1.82) is 0 Å². The van der Waals surface area contributed by atoms with Gasteiger partial charge in [0.1, 0.15) is 18.6 Å². The molecule has 148 valence electrons. The molecule has 0 heterocycles. The molecule has 10 nitrogen and oxygen atoms in total. The summed E-state index contributed by atoms with van der Waals surface area (Å²) in [6.45, 7) is 0.0687. The number of hydrogen-bond donors (Lipinski definition) is 6. The molecule has 0 aromatic heterocycles. The average Bonchev–Trinajstić information content (AvgIpc) is 2.63. The van der Waals surface area contributed by atoms with E-state index in [-0.39, 0.29) is 6.42 Å². The predicted octanol–water partition coefficient (Wildman–Crippen LogP) is -2.26. The van der Waals surface area contributed by atoms with E-state index in [2.05, 4.69) is 16.0 Å². The number of amides is 3. The third-order valence-corrected chi connectivity index (χ3v) is 3.56. The van der Waals surface area contributed by atoms with Crippen molar-refractivity contribution in [2.45, 2.75) is 31.5 Å². The summed E-state index contributed by atoms with van der Waals surface area (Å²) in [4.78, 5) is 46.8. The van der Waals surface area contributed by atoms with Gasteiger partial charge < -0.3 is 31.9 Å². The summed E-state index contributed by atoms with van der Waals surface area (Å²) in [6, 6.07) is 5.63. The number of hydrogen-bond acceptors (Lipinski definition) is 6. The van der Waals surface area contributed by atoms with Crippen LogP contribution in [0.5, 0.6) is 0 Å². The van der Waals surface area contributed by atoms with Gasteiger partial charge in [0.2, 0.25) is 17.7 Å². The lowest BCUT2D eigenvalue weighted by Gasteiger charge is -2.22. The van der Waals surface area contributed by atoms with Crippen molar-refractivity contribution in [1.82, 2.24) is 16.0 Å². The van der Waals surface area contributed by atoms with Crippen molar-refractivity contribution >= 4 is 23.7 Å². The Bertz CT molecular complexity index is 665. The lowest BCUT2D eigenvalue weighted by atomic mass is 10.0. The molecule has 0 fully saturated rings. The molecule has 0 aliphatic heterocycles. The van der Waals surface area contributed by atoms with E-state index in [0.29, 0.717) is 0 Å². The highest BCUT2D eigenvalue weighted by Crippen LogP contribution is 2.04. The van der Waals surface area contributed by atoms with Crippen molar-refractivity contribution in [3.05, 3.63) is 35.9 Å². The second-order valence-electron chi connectivity index (χ2n) is 5.89. The van der Waals surface area contributed by atoms with Crippen LogP contribution in [0.1, 0.15) is 12.5 Å². The normalized spacial score (nSPS) is 13.7. The maximum Gasteiger partial charge on any atom is 0.322 e. The molecule has 1 aromatic carbocycles. The first-order valence-corrected chi connectivity index (χ1v) is 8.25. The van der Waals surface area contributed by atoms with Gasteiger partial charge in [-0.25, -0.2) is 0 Å². The van der Waals surface area contributed by atoms with Gasteiger partial charge in [0.25, 0.3) is 0 Å². The topological polar surface area (TPSA) is 171 Å². The Morgan fingerprint density at radius 2 is 1.59 bits per heavy atom. The minimum atomic E-state index is -1.36. The number of aliphatic carboxylic acids is 1. The summed E-state index contributed by atoms with van der Waals surface area (Å²) in [6.07, 6.45) is 0.139. The van der Waals surface area contributed by atoms with Crippen molar-refractivity contribution in [2.75, 3.05) is 13.2 Å². The first-order valence-electron chi connectivity index (χ1n) is 8.25. The average molecular weight is 380 g/mol. The molecule has 0 aliphatic carbocycles. The largest absolute Gasteiger partial charge is 0.480 e. The zero-order valence-corrected chi connectivity index (χ0v) is 14.8. The molecule has 0 radical (unpaired) electrons. The van der Waals surface area contributed by atoms with E-state index in [1.54, 1.807) is 30.3 Å². The number of carboxylic acid groups (broad SMARTS) is 1. The van der Waals surface area contributed by atoms with Crippen LogP contribution in [0.3, 0.4) is 0 Å². The molecular formula is C17H24N4O6. The van der Waals surface area contributed by atoms with Crippen LogP contribution in [0, 0.1) is 0 Å². The van der Waals surface area contributed by atoms with Crippen LogP contribution in [-0.2, 0) is 25.6 Å². The van der Waals surface area contributed by atoms with Crippen LogP contribution in [-0.4, -0.2) is 65.2 Å². The van der Waals surface area contributed by atoms with Crippen molar-refractivity contribution in [3.8, 4) is 0 Å². The molecule has 3 amide bonds. The summed E-state index contributed by atoms with van der Waals surface area (Å²) in [5.41, 5.74) is 6.28. The molecule has 3 unspecified atom stereocenters. The smallest absolute Gasteiger partial charge is 0.322 e. The van der Waals surface area contributed by atoms with Crippen LogP contribution in [0.4, 0.5) is 0 Å². The number of carbonyl (C=O) groups excluding carboxylic acids is 3. The minimum absolute atomic E-state index is 0.139. The molecule has 1 rings (SSSR count). The van der Waals surface area contributed by atoms with Crippen LogP contribution >= 0.6 is 0 Å². The number of carbonyl (C=O) groups is 4. The Morgan fingerprint density at radius 1 is 1.00 bits per heavy atom. The maximum absolute atomic E-state index is 12.5. The Labute approximate surface area is 156 Å². The quantitative estimate of drug-likeness (QED) is 0.266. The third kappa shape index (κ3) is 7.84. The van der Waals surface area contributed by atoms with Crippen molar-refractivity contribution < 1.29 is 29.4 Å². The highest BCUT2D eigenvalue weighted by molar-refractivity contribution is 5.93. The Morgan fingerprint density at radius 3 is 2.11 bits per heavy atom. The van der Waals surface area contributed by atoms with Gasteiger partial charge in [-0.15, -0.1) is 0 Å². The summed E-state index contributed by atoms with van der Waals surface area (Å²) >= 11 is 0. The second-order valence-corrected chi connectivity index (χ2v) is 5.89. The molecule has 0 bridgehead atoms. The van der Waals surface area contributed by atoms with Crippen molar-refractivity contribution in [2.24, 2.45) is 5.73 Å². The molecule has 27 heavy (non-hydrogen) atoms. The number of carboxylic acids is 1. The monoisotopic (exact) mass is 380 g/mol. The highest BCUT2D eigenvalue weighted by atomic mass is 16.4. The van der Waals surface area contributed by atoms with Gasteiger partial charge in [0.05, 0.1) is 12.6 Å². The zero-order chi connectivity index (χ0) is 20.4. The van der Waals surface area contributed by atoms with E-state index in [1.165, 1.54) is 6.92 Å². The van der Waals surface area contributed by atoms with Gasteiger partial charge in [-0.3, -0.25) is 19.2 Å². The van der Waals surface area contributed by atoms with Crippen molar-refractivity contribution in [3.63, 3.8) is 0 Å². The molecule has 0 spiro atoms.